The Bertz CT molecular complexity index is 840. The summed E-state index contributed by atoms with van der Waals surface area (Å²) < 4.78 is 14.0. The molecule has 22 heavy (non-hydrogen) atoms. The van der Waals surface area contributed by atoms with Crippen molar-refractivity contribution in [3.8, 4) is 0 Å². The van der Waals surface area contributed by atoms with Gasteiger partial charge in [0.1, 0.15) is 5.82 Å². The minimum Gasteiger partial charge on any atom is -0.354 e. The van der Waals surface area contributed by atoms with Gasteiger partial charge in [0.15, 0.2) is 10.9 Å². The maximum atomic E-state index is 12.9. The van der Waals surface area contributed by atoms with E-state index >= 15 is 0 Å². The molecule has 3 nitrogen and oxygen atoms in total. The number of carbonyl (C=O) groups excluding carboxylic acids is 1. The van der Waals surface area contributed by atoms with Crippen LogP contribution in [0.2, 0.25) is 0 Å². The van der Waals surface area contributed by atoms with Crippen molar-refractivity contribution in [2.75, 3.05) is 11.9 Å². The Hall–Kier alpha value is -2.27. The number of hydrogen-bond donors (Lipinski definition) is 1. The number of halogens is 1. The lowest BCUT2D eigenvalue weighted by molar-refractivity contribution is 0.101. The van der Waals surface area contributed by atoms with E-state index in [4.69, 9.17) is 0 Å². The molecule has 5 heteroatoms. The minimum absolute atomic E-state index is 0.0906. The topological polar surface area (TPSA) is 42.0 Å². The number of rotatable bonds is 4. The molecule has 0 aliphatic heterocycles. The summed E-state index contributed by atoms with van der Waals surface area (Å²) in [5.41, 5.74) is 3.78. The van der Waals surface area contributed by atoms with Gasteiger partial charge in [-0.05, 0) is 55.3 Å². The highest BCUT2D eigenvalue weighted by Gasteiger charge is 2.10. The van der Waals surface area contributed by atoms with Gasteiger partial charge in [-0.25, -0.2) is 9.37 Å². The first-order valence-corrected chi connectivity index (χ1v) is 7.75. The van der Waals surface area contributed by atoms with Gasteiger partial charge >= 0.3 is 0 Å². The van der Waals surface area contributed by atoms with Gasteiger partial charge < -0.3 is 5.32 Å². The molecule has 0 spiro atoms. The van der Waals surface area contributed by atoms with Crippen molar-refractivity contribution < 1.29 is 9.18 Å². The molecule has 0 aliphatic rings. The van der Waals surface area contributed by atoms with Crippen LogP contribution in [-0.2, 0) is 0 Å². The fourth-order valence-corrected chi connectivity index (χ4v) is 3.38. The number of carbonyl (C=O) groups is 1. The maximum Gasteiger partial charge on any atom is 0.184 e. The molecule has 0 saturated heterocycles. The van der Waals surface area contributed by atoms with E-state index in [9.17, 15) is 9.18 Å². The number of nitrogens with zero attached hydrogens (tertiary/aromatic N) is 1. The maximum absolute atomic E-state index is 12.9. The standard InChI is InChI=1S/C17H15FN2OS/c1-10-7-11(2)16-15(8-10)22-17(20-16)19-9-14(21)12-3-5-13(18)6-4-12/h3-8H,9H2,1-2H3,(H,19,20). The van der Waals surface area contributed by atoms with Crippen LogP contribution < -0.4 is 5.32 Å². The second-order valence-corrected chi connectivity index (χ2v) is 6.26. The number of thiazole rings is 1. The SMILES string of the molecule is Cc1cc(C)c2nc(NCC(=O)c3ccc(F)cc3)sc2c1. The summed E-state index contributed by atoms with van der Waals surface area (Å²) in [6.45, 7) is 4.23. The zero-order valence-electron chi connectivity index (χ0n) is 12.3. The van der Waals surface area contributed by atoms with Gasteiger partial charge in [-0.2, -0.15) is 0 Å². The first-order valence-electron chi connectivity index (χ1n) is 6.93. The van der Waals surface area contributed by atoms with Crippen LogP contribution in [0.5, 0.6) is 0 Å². The number of nitrogens with one attached hydrogen (secondary N) is 1. The predicted molar refractivity (Wildman–Crippen MR) is 88.3 cm³/mol. The van der Waals surface area contributed by atoms with Crippen LogP contribution in [0.4, 0.5) is 9.52 Å². The monoisotopic (exact) mass is 314 g/mol. The number of hydrogen-bond acceptors (Lipinski definition) is 4. The Balaban J connectivity index is 1.75. The summed E-state index contributed by atoms with van der Waals surface area (Å²) in [6, 6.07) is 9.74. The third kappa shape index (κ3) is 2.99. The normalized spacial score (nSPS) is 10.9. The van der Waals surface area contributed by atoms with Crippen LogP contribution in [0.3, 0.4) is 0 Å². The Morgan fingerprint density at radius 2 is 1.95 bits per heavy atom. The second kappa shape index (κ2) is 5.85. The van der Waals surface area contributed by atoms with Gasteiger partial charge in [0.05, 0.1) is 16.8 Å². The molecular weight excluding hydrogens is 299 g/mol. The lowest BCUT2D eigenvalue weighted by Gasteiger charge is -2.02. The summed E-state index contributed by atoms with van der Waals surface area (Å²) in [4.78, 5) is 16.6. The number of ketones is 1. The molecule has 1 aromatic heterocycles. The molecule has 1 heterocycles. The molecule has 0 radical (unpaired) electrons. The zero-order chi connectivity index (χ0) is 15.7. The molecule has 0 amide bonds. The Kier molecular flexibility index (Phi) is 3.90. The lowest BCUT2D eigenvalue weighted by atomic mass is 10.1. The van der Waals surface area contributed by atoms with Crippen LogP contribution in [0.1, 0.15) is 21.5 Å². The Morgan fingerprint density at radius 3 is 2.68 bits per heavy atom. The largest absolute Gasteiger partial charge is 0.354 e. The lowest BCUT2D eigenvalue weighted by Crippen LogP contribution is -2.13. The molecule has 0 fully saturated rings. The van der Waals surface area contributed by atoms with Crippen molar-refractivity contribution in [1.82, 2.24) is 4.98 Å². The van der Waals surface area contributed by atoms with Crippen molar-refractivity contribution in [2.45, 2.75) is 13.8 Å². The van der Waals surface area contributed by atoms with Gasteiger partial charge in [-0.1, -0.05) is 17.4 Å². The van der Waals surface area contributed by atoms with Crippen molar-refractivity contribution >= 4 is 32.5 Å². The summed E-state index contributed by atoms with van der Waals surface area (Å²) in [5, 5.41) is 3.78. The summed E-state index contributed by atoms with van der Waals surface area (Å²) in [6.07, 6.45) is 0. The highest BCUT2D eigenvalue weighted by Crippen LogP contribution is 2.29. The average molecular weight is 314 g/mol. The molecule has 112 valence electrons. The van der Waals surface area contributed by atoms with E-state index < -0.39 is 0 Å². The highest BCUT2D eigenvalue weighted by atomic mass is 32.1. The van der Waals surface area contributed by atoms with Crippen molar-refractivity contribution in [3.63, 3.8) is 0 Å². The van der Waals surface area contributed by atoms with Gasteiger partial charge in [-0.15, -0.1) is 0 Å². The Morgan fingerprint density at radius 1 is 1.23 bits per heavy atom. The van der Waals surface area contributed by atoms with E-state index in [1.165, 1.54) is 41.2 Å². The molecule has 2 aromatic carbocycles. The van der Waals surface area contributed by atoms with E-state index in [2.05, 4.69) is 29.4 Å². The molecule has 3 aromatic rings. The molecule has 0 bridgehead atoms. The first kappa shape index (κ1) is 14.7. The van der Waals surface area contributed by atoms with E-state index in [0.717, 1.165) is 20.9 Å². The first-order chi connectivity index (χ1) is 10.5. The van der Waals surface area contributed by atoms with E-state index in [1.54, 1.807) is 0 Å². The van der Waals surface area contributed by atoms with Crippen LogP contribution >= 0.6 is 11.3 Å². The van der Waals surface area contributed by atoms with E-state index in [-0.39, 0.29) is 18.1 Å². The number of aromatic nitrogens is 1. The molecule has 0 atom stereocenters. The number of Topliss-reactive ketones (excluding diaryl/α,β-unsaturated/α-hetero) is 1. The molecule has 3 rings (SSSR count). The fraction of sp³-hybridized carbons (Fsp3) is 0.176. The second-order valence-electron chi connectivity index (χ2n) is 5.23. The van der Waals surface area contributed by atoms with Gasteiger partial charge in [0.25, 0.3) is 0 Å². The quantitative estimate of drug-likeness (QED) is 0.728. The number of anilines is 1. The summed E-state index contributed by atoms with van der Waals surface area (Å²) in [7, 11) is 0. The van der Waals surface area contributed by atoms with Crippen LogP contribution in [0, 0.1) is 19.7 Å². The fourth-order valence-electron chi connectivity index (χ4n) is 2.34. The van der Waals surface area contributed by atoms with E-state index in [0.29, 0.717) is 5.56 Å². The van der Waals surface area contributed by atoms with E-state index in [1.807, 2.05) is 6.92 Å². The Labute approximate surface area is 131 Å². The number of aryl methyl sites for hydroxylation is 2. The summed E-state index contributed by atoms with van der Waals surface area (Å²) >= 11 is 1.53. The molecule has 0 aliphatic carbocycles. The van der Waals surface area contributed by atoms with Gasteiger partial charge in [0.2, 0.25) is 0 Å². The molecular formula is C17H15FN2OS. The smallest absolute Gasteiger partial charge is 0.184 e. The molecule has 1 N–H and O–H groups in total. The summed E-state index contributed by atoms with van der Waals surface area (Å²) in [5.74, 6) is -0.436. The molecule has 0 unspecified atom stereocenters. The van der Waals surface area contributed by atoms with Crippen molar-refractivity contribution in [1.29, 1.82) is 0 Å². The number of fused-ring (bicyclic) bond motifs is 1. The van der Waals surface area contributed by atoms with Crippen molar-refractivity contribution in [2.24, 2.45) is 0 Å². The number of benzene rings is 2. The zero-order valence-corrected chi connectivity index (χ0v) is 13.1. The third-order valence-corrected chi connectivity index (χ3v) is 4.36. The van der Waals surface area contributed by atoms with Crippen LogP contribution in [-0.4, -0.2) is 17.3 Å². The van der Waals surface area contributed by atoms with Crippen LogP contribution in [0.25, 0.3) is 10.2 Å². The predicted octanol–water partition coefficient (Wildman–Crippen LogP) is 4.35. The van der Waals surface area contributed by atoms with Crippen molar-refractivity contribution in [3.05, 3.63) is 58.9 Å². The average Bonchev–Trinajstić information content (AvgIpc) is 2.89. The van der Waals surface area contributed by atoms with Crippen LogP contribution in [0.15, 0.2) is 36.4 Å². The minimum atomic E-state index is -0.346. The third-order valence-electron chi connectivity index (χ3n) is 3.40. The molecule has 0 saturated carbocycles. The van der Waals surface area contributed by atoms with Gasteiger partial charge in [0, 0.05) is 5.56 Å². The highest BCUT2D eigenvalue weighted by molar-refractivity contribution is 7.22. The van der Waals surface area contributed by atoms with Gasteiger partial charge in [-0.3, -0.25) is 4.79 Å².